The molecular weight excluding hydrogens is 156 g/mol. The predicted octanol–water partition coefficient (Wildman–Crippen LogP) is 4.10. The lowest BCUT2D eigenvalue weighted by atomic mass is 9.80. The minimum Gasteiger partial charge on any atom is -0.0625 e. The molecule has 1 spiro atoms. The molecule has 2 rings (SSSR count). The molecule has 0 aliphatic heterocycles. The maximum Gasteiger partial charge on any atom is -0.0291 e. The summed E-state index contributed by atoms with van der Waals surface area (Å²) in [5.41, 5.74) is 0.851. The molecule has 0 heteroatoms. The Kier molecular flexibility index (Phi) is 2.20. The molecule has 2 aliphatic carbocycles. The van der Waals surface area contributed by atoms with Crippen molar-refractivity contribution in [1.29, 1.82) is 0 Å². The van der Waals surface area contributed by atoms with Gasteiger partial charge < -0.3 is 0 Å². The third-order valence-electron chi connectivity index (χ3n) is 4.56. The van der Waals surface area contributed by atoms with Crippen LogP contribution in [0.25, 0.3) is 0 Å². The Balaban J connectivity index is 2.07. The van der Waals surface area contributed by atoms with Crippen LogP contribution in [0, 0.1) is 29.1 Å². The first-order valence-corrected chi connectivity index (χ1v) is 6.04. The normalized spacial score (nSPS) is 36.5. The molecule has 2 fully saturated rings. The highest BCUT2D eigenvalue weighted by atomic mass is 14.6. The van der Waals surface area contributed by atoms with E-state index in [1.165, 1.54) is 0 Å². The van der Waals surface area contributed by atoms with Gasteiger partial charge >= 0.3 is 0 Å². The Morgan fingerprint density at radius 3 is 1.46 bits per heavy atom. The first kappa shape index (κ1) is 9.55. The van der Waals surface area contributed by atoms with E-state index < -0.39 is 0 Å². The molecule has 0 saturated heterocycles. The van der Waals surface area contributed by atoms with Gasteiger partial charge in [0.1, 0.15) is 0 Å². The third kappa shape index (κ3) is 1.65. The molecule has 0 aromatic rings. The van der Waals surface area contributed by atoms with Crippen molar-refractivity contribution in [2.75, 3.05) is 0 Å². The zero-order valence-electron chi connectivity index (χ0n) is 9.64. The molecule has 0 bridgehead atoms. The Bertz CT molecular complexity index is 168. The minimum atomic E-state index is 0.851. The van der Waals surface area contributed by atoms with Crippen molar-refractivity contribution in [3.8, 4) is 0 Å². The SMILES string of the molecule is CC(C)C1CC2(CC2)CC1C(C)C. The summed E-state index contributed by atoms with van der Waals surface area (Å²) in [5.74, 6) is 3.88. The van der Waals surface area contributed by atoms with Crippen LogP contribution in [-0.2, 0) is 0 Å². The largest absolute Gasteiger partial charge is 0.0625 e. The van der Waals surface area contributed by atoms with Crippen LogP contribution in [0.1, 0.15) is 53.4 Å². The molecule has 0 heterocycles. The molecule has 0 amide bonds. The smallest absolute Gasteiger partial charge is 0.0291 e. The molecule has 0 aromatic carbocycles. The maximum absolute atomic E-state index is 2.42. The van der Waals surface area contributed by atoms with Crippen molar-refractivity contribution in [1.82, 2.24) is 0 Å². The molecule has 13 heavy (non-hydrogen) atoms. The van der Waals surface area contributed by atoms with Crippen LogP contribution in [0.2, 0.25) is 0 Å². The second kappa shape index (κ2) is 3.00. The van der Waals surface area contributed by atoms with Crippen LogP contribution in [0.3, 0.4) is 0 Å². The topological polar surface area (TPSA) is 0 Å². The van der Waals surface area contributed by atoms with E-state index in [0.29, 0.717) is 0 Å². The molecular formula is C13H24. The highest BCUT2D eigenvalue weighted by Gasteiger charge is 2.53. The summed E-state index contributed by atoms with van der Waals surface area (Å²) in [5, 5.41) is 0. The average Bonchev–Trinajstić information content (AvgIpc) is 2.60. The molecule has 76 valence electrons. The summed E-state index contributed by atoms with van der Waals surface area (Å²) in [6.07, 6.45) is 6.18. The predicted molar refractivity (Wildman–Crippen MR) is 57.6 cm³/mol. The van der Waals surface area contributed by atoms with Crippen molar-refractivity contribution in [3.63, 3.8) is 0 Å². The fourth-order valence-corrected chi connectivity index (χ4v) is 3.43. The standard InChI is InChI=1S/C13H24/c1-9(2)11-7-13(5-6-13)8-12(11)10(3)4/h9-12H,5-8H2,1-4H3. The van der Waals surface area contributed by atoms with Crippen molar-refractivity contribution >= 4 is 0 Å². The summed E-state index contributed by atoms with van der Waals surface area (Å²) in [6.45, 7) is 9.67. The average molecular weight is 180 g/mol. The first-order chi connectivity index (χ1) is 6.04. The molecule has 2 aliphatic rings. The molecule has 0 aromatic heterocycles. The highest BCUT2D eigenvalue weighted by Crippen LogP contribution is 2.64. The van der Waals surface area contributed by atoms with Crippen molar-refractivity contribution in [2.24, 2.45) is 29.1 Å². The van der Waals surface area contributed by atoms with Crippen LogP contribution in [0.4, 0.5) is 0 Å². The zero-order valence-corrected chi connectivity index (χ0v) is 9.64. The highest BCUT2D eigenvalue weighted by molar-refractivity contribution is 5.03. The van der Waals surface area contributed by atoms with Gasteiger partial charge in [0.15, 0.2) is 0 Å². The summed E-state index contributed by atoms with van der Waals surface area (Å²) in [7, 11) is 0. The van der Waals surface area contributed by atoms with E-state index in [0.717, 1.165) is 29.1 Å². The fourth-order valence-electron chi connectivity index (χ4n) is 3.43. The first-order valence-electron chi connectivity index (χ1n) is 6.04. The molecule has 2 atom stereocenters. The van der Waals surface area contributed by atoms with Gasteiger partial charge in [-0.05, 0) is 54.8 Å². The van der Waals surface area contributed by atoms with E-state index in [9.17, 15) is 0 Å². The molecule has 2 unspecified atom stereocenters. The summed E-state index contributed by atoms with van der Waals surface area (Å²) in [4.78, 5) is 0. The van der Waals surface area contributed by atoms with Crippen LogP contribution < -0.4 is 0 Å². The molecule has 0 N–H and O–H groups in total. The third-order valence-corrected chi connectivity index (χ3v) is 4.56. The van der Waals surface area contributed by atoms with E-state index in [1.807, 2.05) is 0 Å². The van der Waals surface area contributed by atoms with Crippen LogP contribution in [0.15, 0.2) is 0 Å². The quantitative estimate of drug-likeness (QED) is 0.600. The summed E-state index contributed by atoms with van der Waals surface area (Å²) in [6, 6.07) is 0. The Morgan fingerprint density at radius 1 is 0.846 bits per heavy atom. The minimum absolute atomic E-state index is 0.851. The van der Waals surface area contributed by atoms with Gasteiger partial charge in [-0.25, -0.2) is 0 Å². The Hall–Kier alpha value is 0. The van der Waals surface area contributed by atoms with Gasteiger partial charge in [0, 0.05) is 0 Å². The van der Waals surface area contributed by atoms with E-state index in [4.69, 9.17) is 0 Å². The van der Waals surface area contributed by atoms with E-state index in [2.05, 4.69) is 27.7 Å². The number of hydrogen-bond donors (Lipinski definition) is 0. The number of hydrogen-bond acceptors (Lipinski definition) is 0. The van der Waals surface area contributed by atoms with Crippen LogP contribution in [-0.4, -0.2) is 0 Å². The van der Waals surface area contributed by atoms with Crippen molar-refractivity contribution in [2.45, 2.75) is 53.4 Å². The monoisotopic (exact) mass is 180 g/mol. The van der Waals surface area contributed by atoms with Crippen LogP contribution >= 0.6 is 0 Å². The van der Waals surface area contributed by atoms with E-state index in [1.54, 1.807) is 25.7 Å². The molecule has 2 saturated carbocycles. The zero-order chi connectivity index (χ0) is 9.64. The van der Waals surface area contributed by atoms with Gasteiger partial charge in [-0.2, -0.15) is 0 Å². The van der Waals surface area contributed by atoms with Crippen molar-refractivity contribution < 1.29 is 0 Å². The maximum atomic E-state index is 2.42. The lowest BCUT2D eigenvalue weighted by Crippen LogP contribution is -2.18. The van der Waals surface area contributed by atoms with E-state index >= 15 is 0 Å². The Morgan fingerprint density at radius 2 is 1.23 bits per heavy atom. The van der Waals surface area contributed by atoms with Gasteiger partial charge in [0.25, 0.3) is 0 Å². The second-order valence-electron chi connectivity index (χ2n) is 6.22. The van der Waals surface area contributed by atoms with Gasteiger partial charge in [-0.1, -0.05) is 27.7 Å². The summed E-state index contributed by atoms with van der Waals surface area (Å²) >= 11 is 0. The lowest BCUT2D eigenvalue weighted by molar-refractivity contribution is 0.235. The second-order valence-corrected chi connectivity index (χ2v) is 6.22. The van der Waals surface area contributed by atoms with Gasteiger partial charge in [0.05, 0.1) is 0 Å². The molecule has 0 nitrogen and oxygen atoms in total. The van der Waals surface area contributed by atoms with Gasteiger partial charge in [-0.15, -0.1) is 0 Å². The number of rotatable bonds is 2. The summed E-state index contributed by atoms with van der Waals surface area (Å²) < 4.78 is 0. The van der Waals surface area contributed by atoms with Crippen LogP contribution in [0.5, 0.6) is 0 Å². The van der Waals surface area contributed by atoms with Gasteiger partial charge in [-0.3, -0.25) is 0 Å². The lowest BCUT2D eigenvalue weighted by Gasteiger charge is -2.26. The molecule has 0 radical (unpaired) electrons. The Labute approximate surface area is 83.1 Å². The van der Waals surface area contributed by atoms with Crippen molar-refractivity contribution in [3.05, 3.63) is 0 Å². The van der Waals surface area contributed by atoms with Gasteiger partial charge in [0.2, 0.25) is 0 Å². The van der Waals surface area contributed by atoms with E-state index in [-0.39, 0.29) is 0 Å². The fraction of sp³-hybridized carbons (Fsp3) is 1.00.